The summed E-state index contributed by atoms with van der Waals surface area (Å²) in [6.45, 7) is 7.43. The molecule has 1 rings (SSSR count). The summed E-state index contributed by atoms with van der Waals surface area (Å²) in [7, 11) is 0. The van der Waals surface area contributed by atoms with Crippen molar-refractivity contribution in [1.29, 1.82) is 0 Å². The molecule has 66 valence electrons. The van der Waals surface area contributed by atoms with Crippen LogP contribution in [0.25, 0.3) is 0 Å². The molecule has 0 saturated carbocycles. The summed E-state index contributed by atoms with van der Waals surface area (Å²) in [4.78, 5) is 0. The quantitative estimate of drug-likeness (QED) is 0.636. The highest BCUT2D eigenvalue weighted by molar-refractivity contribution is 5.30. The number of hydrogen-bond acceptors (Lipinski definition) is 1. The molecule has 0 aromatic carbocycles. The zero-order chi connectivity index (χ0) is 8.97. The van der Waals surface area contributed by atoms with E-state index in [1.807, 2.05) is 12.2 Å². The average Bonchev–Trinajstić information content (AvgIpc) is 2.09. The molecule has 0 heterocycles. The van der Waals surface area contributed by atoms with Gasteiger partial charge in [-0.3, -0.25) is 0 Å². The molecule has 1 atom stereocenters. The van der Waals surface area contributed by atoms with E-state index in [0.29, 0.717) is 0 Å². The highest BCUT2D eigenvalue weighted by atomic mass is 16.3. The number of allylic oxidation sites excluding steroid dienone is 3. The summed E-state index contributed by atoms with van der Waals surface area (Å²) in [5.41, 5.74) is 2.33. The first kappa shape index (κ1) is 9.27. The van der Waals surface area contributed by atoms with E-state index in [4.69, 9.17) is 0 Å². The lowest BCUT2D eigenvalue weighted by molar-refractivity contribution is 0.187. The largest absolute Gasteiger partial charge is 0.389 e. The van der Waals surface area contributed by atoms with Crippen LogP contribution in [0.3, 0.4) is 0 Å². The summed E-state index contributed by atoms with van der Waals surface area (Å²) in [6.07, 6.45) is 7.26. The number of rotatable bonds is 3. The fraction of sp³-hybridized carbons (Fsp3) is 0.455. The molecule has 1 nitrogen and oxygen atoms in total. The fourth-order valence-corrected chi connectivity index (χ4v) is 1.69. The Labute approximate surface area is 74.1 Å². The van der Waals surface area contributed by atoms with Crippen molar-refractivity contribution < 1.29 is 5.11 Å². The molecule has 0 bridgehead atoms. The first-order valence-electron chi connectivity index (χ1n) is 4.43. The van der Waals surface area contributed by atoms with Crippen LogP contribution in [0.15, 0.2) is 36.5 Å². The van der Waals surface area contributed by atoms with Gasteiger partial charge in [-0.25, -0.2) is 0 Å². The lowest BCUT2D eigenvalue weighted by Crippen LogP contribution is -2.16. The van der Waals surface area contributed by atoms with Gasteiger partial charge in [0.2, 0.25) is 0 Å². The van der Waals surface area contributed by atoms with Crippen LogP contribution in [0, 0.1) is 0 Å². The predicted molar refractivity (Wildman–Crippen MR) is 51.9 cm³/mol. The summed E-state index contributed by atoms with van der Waals surface area (Å²) < 4.78 is 0. The molecule has 12 heavy (non-hydrogen) atoms. The van der Waals surface area contributed by atoms with Crippen molar-refractivity contribution in [3.8, 4) is 0 Å². The molecule has 0 saturated heterocycles. The SMILES string of the molecule is C=CCC1=C(C=C)CCC[C@H]1O. The molecule has 0 radical (unpaired) electrons. The Morgan fingerprint density at radius 3 is 2.83 bits per heavy atom. The first-order chi connectivity index (χ1) is 5.79. The molecule has 1 aliphatic rings. The Morgan fingerprint density at radius 1 is 1.50 bits per heavy atom. The van der Waals surface area contributed by atoms with Crippen molar-refractivity contribution >= 4 is 0 Å². The summed E-state index contributed by atoms with van der Waals surface area (Å²) in [5, 5.41) is 9.65. The Balaban J connectivity index is 2.86. The second-order valence-electron chi connectivity index (χ2n) is 3.16. The highest BCUT2D eigenvalue weighted by Gasteiger charge is 2.17. The van der Waals surface area contributed by atoms with Gasteiger partial charge in [-0.2, -0.15) is 0 Å². The Kier molecular flexibility index (Phi) is 3.30. The highest BCUT2D eigenvalue weighted by Crippen LogP contribution is 2.27. The normalized spacial score (nSPS) is 23.9. The summed E-state index contributed by atoms with van der Waals surface area (Å²) in [6, 6.07) is 0. The third-order valence-corrected chi connectivity index (χ3v) is 2.35. The van der Waals surface area contributed by atoms with Crippen LogP contribution in [-0.4, -0.2) is 11.2 Å². The zero-order valence-corrected chi connectivity index (χ0v) is 7.42. The van der Waals surface area contributed by atoms with E-state index in [1.165, 1.54) is 5.57 Å². The van der Waals surface area contributed by atoms with Gasteiger partial charge in [0.25, 0.3) is 0 Å². The Bertz CT molecular complexity index is 213. The zero-order valence-electron chi connectivity index (χ0n) is 7.42. The molecule has 0 aromatic heterocycles. The number of aliphatic hydroxyl groups excluding tert-OH is 1. The summed E-state index contributed by atoms with van der Waals surface area (Å²) in [5.74, 6) is 0. The third-order valence-electron chi connectivity index (χ3n) is 2.35. The van der Waals surface area contributed by atoms with Crippen molar-refractivity contribution in [3.63, 3.8) is 0 Å². The predicted octanol–water partition coefficient (Wildman–Crippen LogP) is 2.59. The maximum atomic E-state index is 9.65. The first-order valence-corrected chi connectivity index (χ1v) is 4.43. The summed E-state index contributed by atoms with van der Waals surface area (Å²) >= 11 is 0. The van der Waals surface area contributed by atoms with Crippen LogP contribution >= 0.6 is 0 Å². The van der Waals surface area contributed by atoms with Gasteiger partial charge in [-0.1, -0.05) is 18.7 Å². The van der Waals surface area contributed by atoms with E-state index in [1.54, 1.807) is 0 Å². The van der Waals surface area contributed by atoms with Crippen LogP contribution in [0.5, 0.6) is 0 Å². The van der Waals surface area contributed by atoms with Crippen molar-refractivity contribution in [2.45, 2.75) is 31.8 Å². The van der Waals surface area contributed by atoms with Gasteiger partial charge in [-0.05, 0) is 36.8 Å². The molecular formula is C11H16O. The maximum absolute atomic E-state index is 9.65. The average molecular weight is 164 g/mol. The second-order valence-corrected chi connectivity index (χ2v) is 3.16. The maximum Gasteiger partial charge on any atom is 0.0758 e. The van der Waals surface area contributed by atoms with Crippen molar-refractivity contribution in [2.75, 3.05) is 0 Å². The standard InChI is InChI=1S/C11H16O/c1-3-6-10-9(4-2)7-5-8-11(10)12/h3-4,11-12H,1-2,5-8H2/t11-/m1/s1. The molecule has 0 aromatic rings. The van der Waals surface area contributed by atoms with Crippen LogP contribution in [0.1, 0.15) is 25.7 Å². The topological polar surface area (TPSA) is 20.2 Å². The van der Waals surface area contributed by atoms with Crippen molar-refractivity contribution in [1.82, 2.24) is 0 Å². The Morgan fingerprint density at radius 2 is 2.25 bits per heavy atom. The van der Waals surface area contributed by atoms with Crippen LogP contribution in [0.2, 0.25) is 0 Å². The molecule has 0 fully saturated rings. The van der Waals surface area contributed by atoms with Gasteiger partial charge < -0.3 is 5.11 Å². The fourth-order valence-electron chi connectivity index (χ4n) is 1.69. The number of hydrogen-bond donors (Lipinski definition) is 1. The van der Waals surface area contributed by atoms with Gasteiger partial charge in [0.1, 0.15) is 0 Å². The van der Waals surface area contributed by atoms with Gasteiger partial charge in [-0.15, -0.1) is 6.58 Å². The minimum atomic E-state index is -0.259. The smallest absolute Gasteiger partial charge is 0.0758 e. The van der Waals surface area contributed by atoms with Gasteiger partial charge in [0.05, 0.1) is 6.10 Å². The molecule has 0 amide bonds. The van der Waals surface area contributed by atoms with Crippen LogP contribution in [-0.2, 0) is 0 Å². The molecule has 1 heteroatoms. The van der Waals surface area contributed by atoms with E-state index in [2.05, 4.69) is 13.2 Å². The van der Waals surface area contributed by atoms with Gasteiger partial charge >= 0.3 is 0 Å². The van der Waals surface area contributed by atoms with E-state index in [0.717, 1.165) is 31.3 Å². The van der Waals surface area contributed by atoms with E-state index in [-0.39, 0.29) is 6.10 Å². The molecule has 0 spiro atoms. The Hall–Kier alpha value is -0.820. The van der Waals surface area contributed by atoms with E-state index >= 15 is 0 Å². The monoisotopic (exact) mass is 164 g/mol. The molecule has 0 aliphatic heterocycles. The number of aliphatic hydroxyl groups is 1. The third kappa shape index (κ3) is 1.86. The molecule has 0 unspecified atom stereocenters. The molecular weight excluding hydrogens is 148 g/mol. The van der Waals surface area contributed by atoms with Gasteiger partial charge in [0, 0.05) is 0 Å². The second kappa shape index (κ2) is 4.27. The van der Waals surface area contributed by atoms with E-state index in [9.17, 15) is 5.11 Å². The van der Waals surface area contributed by atoms with Gasteiger partial charge in [0.15, 0.2) is 0 Å². The minimum absolute atomic E-state index is 0.259. The van der Waals surface area contributed by atoms with Crippen LogP contribution in [0.4, 0.5) is 0 Å². The molecule has 1 N–H and O–H groups in total. The lowest BCUT2D eigenvalue weighted by atomic mass is 9.87. The van der Waals surface area contributed by atoms with Crippen molar-refractivity contribution in [2.24, 2.45) is 0 Å². The lowest BCUT2D eigenvalue weighted by Gasteiger charge is -2.22. The van der Waals surface area contributed by atoms with E-state index < -0.39 is 0 Å². The minimum Gasteiger partial charge on any atom is -0.389 e. The van der Waals surface area contributed by atoms with Crippen molar-refractivity contribution in [3.05, 3.63) is 36.5 Å². The van der Waals surface area contributed by atoms with Crippen LogP contribution < -0.4 is 0 Å². The molecule has 1 aliphatic carbocycles.